The summed E-state index contributed by atoms with van der Waals surface area (Å²) in [6, 6.07) is 0. The van der Waals surface area contributed by atoms with Crippen LogP contribution < -0.4 is 16.6 Å². The highest BCUT2D eigenvalue weighted by Crippen LogP contribution is 2.15. The lowest BCUT2D eigenvalue weighted by Gasteiger charge is -2.09. The molecule has 0 spiro atoms. The van der Waals surface area contributed by atoms with Crippen LogP contribution in [-0.4, -0.2) is 36.4 Å². The van der Waals surface area contributed by atoms with Gasteiger partial charge >= 0.3 is 5.69 Å². The molecule has 2 heterocycles. The zero-order valence-electron chi connectivity index (χ0n) is 12.0. The fourth-order valence-electron chi connectivity index (χ4n) is 2.13. The molecule has 0 bridgehead atoms. The molecule has 110 valence electrons. The lowest BCUT2D eigenvalue weighted by molar-refractivity contribution is 0.208. The lowest BCUT2D eigenvalue weighted by Crippen LogP contribution is -2.37. The highest BCUT2D eigenvalue weighted by atomic mass is 16.3. The molecular weight excluding hydrogens is 262 g/mol. The quantitative estimate of drug-likeness (QED) is 0.769. The third-order valence-corrected chi connectivity index (χ3v) is 3.22. The molecule has 0 amide bonds. The van der Waals surface area contributed by atoms with Gasteiger partial charge < -0.3 is 15.0 Å². The average Bonchev–Trinajstić information content (AvgIpc) is 2.79. The molecule has 8 heteroatoms. The molecule has 1 atom stereocenters. The van der Waals surface area contributed by atoms with Crippen molar-refractivity contribution in [2.45, 2.75) is 26.5 Å². The zero-order chi connectivity index (χ0) is 15.0. The topological polar surface area (TPSA) is 94.1 Å². The minimum Gasteiger partial charge on any atom is -0.392 e. The van der Waals surface area contributed by atoms with Gasteiger partial charge in [0.05, 0.1) is 6.10 Å². The number of nitrogens with one attached hydrogen (secondary N) is 1. The van der Waals surface area contributed by atoms with Gasteiger partial charge in [-0.3, -0.25) is 13.9 Å². The largest absolute Gasteiger partial charge is 0.392 e. The number of hydrogen-bond acceptors (Lipinski definition) is 5. The number of rotatable bonds is 4. The summed E-state index contributed by atoms with van der Waals surface area (Å²) in [7, 11) is 3.02. The number of aliphatic hydroxyl groups is 1. The van der Waals surface area contributed by atoms with Crippen molar-refractivity contribution in [3.63, 3.8) is 0 Å². The van der Waals surface area contributed by atoms with Gasteiger partial charge in [0.25, 0.3) is 5.56 Å². The first-order chi connectivity index (χ1) is 9.38. The van der Waals surface area contributed by atoms with Crippen molar-refractivity contribution in [3.8, 4) is 0 Å². The highest BCUT2D eigenvalue weighted by Gasteiger charge is 2.18. The van der Waals surface area contributed by atoms with Crippen LogP contribution in [0.15, 0.2) is 9.59 Å². The van der Waals surface area contributed by atoms with E-state index in [1.807, 2.05) is 6.92 Å². The number of aliphatic hydroxyl groups excluding tert-OH is 1. The van der Waals surface area contributed by atoms with E-state index in [9.17, 15) is 14.7 Å². The second-order valence-electron chi connectivity index (χ2n) is 4.79. The maximum atomic E-state index is 12.2. The van der Waals surface area contributed by atoms with Gasteiger partial charge in [-0.25, -0.2) is 4.79 Å². The van der Waals surface area contributed by atoms with E-state index < -0.39 is 11.8 Å². The molecule has 20 heavy (non-hydrogen) atoms. The Kier molecular flexibility index (Phi) is 3.67. The Bertz CT molecular complexity index is 753. The van der Waals surface area contributed by atoms with Crippen molar-refractivity contribution in [2.75, 3.05) is 11.9 Å². The van der Waals surface area contributed by atoms with Crippen LogP contribution in [0.3, 0.4) is 0 Å². The van der Waals surface area contributed by atoms with Crippen LogP contribution in [0.25, 0.3) is 11.2 Å². The van der Waals surface area contributed by atoms with E-state index >= 15 is 0 Å². The molecule has 2 N–H and O–H groups in total. The monoisotopic (exact) mass is 281 g/mol. The van der Waals surface area contributed by atoms with Crippen LogP contribution in [0.5, 0.6) is 0 Å². The van der Waals surface area contributed by atoms with Gasteiger partial charge in [-0.05, 0) is 13.8 Å². The van der Waals surface area contributed by atoms with Crippen LogP contribution >= 0.6 is 0 Å². The first kappa shape index (κ1) is 14.3. The molecule has 0 saturated carbocycles. The highest BCUT2D eigenvalue weighted by molar-refractivity contribution is 5.74. The summed E-state index contributed by atoms with van der Waals surface area (Å²) in [6.07, 6.45) is -0.535. The number of hydrogen-bond donors (Lipinski definition) is 2. The Labute approximate surface area is 115 Å². The number of anilines is 1. The van der Waals surface area contributed by atoms with E-state index in [2.05, 4.69) is 10.3 Å². The van der Waals surface area contributed by atoms with Crippen LogP contribution in [0.4, 0.5) is 5.95 Å². The van der Waals surface area contributed by atoms with Crippen LogP contribution in [0.2, 0.25) is 0 Å². The van der Waals surface area contributed by atoms with Gasteiger partial charge in [0.1, 0.15) is 0 Å². The van der Waals surface area contributed by atoms with Gasteiger partial charge in [-0.15, -0.1) is 0 Å². The summed E-state index contributed by atoms with van der Waals surface area (Å²) >= 11 is 0. The summed E-state index contributed by atoms with van der Waals surface area (Å²) in [4.78, 5) is 28.4. The van der Waals surface area contributed by atoms with Crippen molar-refractivity contribution in [3.05, 3.63) is 20.8 Å². The minimum atomic E-state index is -0.535. The molecular formula is C12H19N5O3. The van der Waals surface area contributed by atoms with Gasteiger partial charge in [-0.2, -0.15) is 4.98 Å². The Morgan fingerprint density at radius 3 is 2.50 bits per heavy atom. The molecule has 0 unspecified atom stereocenters. The summed E-state index contributed by atoms with van der Waals surface area (Å²) in [5.74, 6) is 0.474. The number of aromatic nitrogens is 4. The molecule has 0 aliphatic rings. The van der Waals surface area contributed by atoms with Crippen molar-refractivity contribution < 1.29 is 5.11 Å². The zero-order valence-corrected chi connectivity index (χ0v) is 12.0. The fraction of sp³-hybridized carbons (Fsp3) is 0.583. The fourth-order valence-corrected chi connectivity index (χ4v) is 2.13. The molecule has 0 radical (unpaired) electrons. The van der Waals surface area contributed by atoms with Crippen molar-refractivity contribution in [1.82, 2.24) is 18.7 Å². The SMILES string of the molecule is CCn1c(NC[C@@H](C)O)nc2c1c(=O)n(C)c(=O)n2C. The summed E-state index contributed by atoms with van der Waals surface area (Å²) in [5.41, 5.74) is -0.0638. The van der Waals surface area contributed by atoms with E-state index in [1.165, 1.54) is 11.6 Å². The Morgan fingerprint density at radius 1 is 1.30 bits per heavy atom. The van der Waals surface area contributed by atoms with Gasteiger partial charge in [0.15, 0.2) is 11.2 Å². The molecule has 0 aromatic carbocycles. The van der Waals surface area contributed by atoms with E-state index in [0.29, 0.717) is 30.2 Å². The predicted molar refractivity (Wildman–Crippen MR) is 76.1 cm³/mol. The first-order valence-corrected chi connectivity index (χ1v) is 6.46. The molecule has 0 saturated heterocycles. The first-order valence-electron chi connectivity index (χ1n) is 6.46. The van der Waals surface area contributed by atoms with Crippen LogP contribution in [0.1, 0.15) is 13.8 Å². The molecule has 0 aliphatic heterocycles. The molecule has 0 aliphatic carbocycles. The number of nitrogens with zero attached hydrogens (tertiary/aromatic N) is 4. The van der Waals surface area contributed by atoms with Crippen molar-refractivity contribution in [2.24, 2.45) is 14.1 Å². The minimum absolute atomic E-state index is 0.317. The number of aryl methyl sites for hydroxylation is 2. The molecule has 0 fully saturated rings. The second-order valence-corrected chi connectivity index (χ2v) is 4.79. The predicted octanol–water partition coefficient (Wildman–Crippen LogP) is -0.754. The van der Waals surface area contributed by atoms with Crippen molar-refractivity contribution >= 4 is 17.1 Å². The van der Waals surface area contributed by atoms with Crippen molar-refractivity contribution in [1.29, 1.82) is 0 Å². The van der Waals surface area contributed by atoms with E-state index in [0.717, 1.165) is 4.57 Å². The van der Waals surface area contributed by atoms with E-state index in [4.69, 9.17) is 0 Å². The summed E-state index contributed by atoms with van der Waals surface area (Å²) in [6.45, 7) is 4.39. The standard InChI is InChI=1S/C12H19N5O3/c1-5-17-8-9(14-11(17)13-6-7(2)18)15(3)12(20)16(4)10(8)19/h7,18H,5-6H2,1-4H3,(H,13,14)/t7-/m1/s1. The average molecular weight is 281 g/mol. The smallest absolute Gasteiger partial charge is 0.332 e. The molecule has 8 nitrogen and oxygen atoms in total. The van der Waals surface area contributed by atoms with Crippen LogP contribution in [-0.2, 0) is 20.6 Å². The Hall–Kier alpha value is -2.09. The number of imidazole rings is 1. The number of fused-ring (bicyclic) bond motifs is 1. The maximum absolute atomic E-state index is 12.2. The van der Waals surface area contributed by atoms with E-state index in [1.54, 1.807) is 18.5 Å². The third kappa shape index (κ3) is 2.11. The second kappa shape index (κ2) is 5.12. The summed E-state index contributed by atoms with van der Waals surface area (Å²) < 4.78 is 4.12. The molecule has 2 rings (SSSR count). The third-order valence-electron chi connectivity index (χ3n) is 3.22. The van der Waals surface area contributed by atoms with Gasteiger partial charge in [-0.1, -0.05) is 0 Å². The molecule has 2 aromatic rings. The van der Waals surface area contributed by atoms with Gasteiger partial charge in [0, 0.05) is 27.2 Å². The van der Waals surface area contributed by atoms with Gasteiger partial charge in [0.2, 0.25) is 5.95 Å². The molecule has 2 aromatic heterocycles. The van der Waals surface area contributed by atoms with Crippen LogP contribution in [0, 0.1) is 0 Å². The Balaban J connectivity index is 2.75. The summed E-state index contributed by atoms with van der Waals surface area (Å²) in [5, 5.41) is 12.3. The van der Waals surface area contributed by atoms with E-state index in [-0.39, 0.29) is 5.56 Å². The normalized spacial score (nSPS) is 12.8. The lowest BCUT2D eigenvalue weighted by atomic mass is 10.4. The maximum Gasteiger partial charge on any atom is 0.332 e. The Morgan fingerprint density at radius 2 is 1.95 bits per heavy atom.